The van der Waals surface area contributed by atoms with Crippen molar-refractivity contribution in [1.82, 2.24) is 0 Å². The highest BCUT2D eigenvalue weighted by Crippen LogP contribution is 2.20. The van der Waals surface area contributed by atoms with Crippen LogP contribution in [0.4, 0.5) is 4.39 Å². The van der Waals surface area contributed by atoms with E-state index in [0.29, 0.717) is 12.8 Å². The molecule has 7 heavy (non-hydrogen) atoms. The van der Waals surface area contributed by atoms with Gasteiger partial charge in [-0.15, -0.1) is 0 Å². The van der Waals surface area contributed by atoms with Gasteiger partial charge in [0.05, 0.1) is 0 Å². The Kier molecular flexibility index (Phi) is 1.45. The molecule has 0 atom stereocenters. The van der Waals surface area contributed by atoms with E-state index >= 15 is 0 Å². The molecule has 1 aliphatic carbocycles. The van der Waals surface area contributed by atoms with E-state index < -0.39 is 0 Å². The first-order valence-corrected chi connectivity index (χ1v) is 2.55. The van der Waals surface area contributed by atoms with Crippen LogP contribution in [0.3, 0.4) is 0 Å². The van der Waals surface area contributed by atoms with Crippen molar-refractivity contribution in [3.8, 4) is 0 Å². The minimum absolute atomic E-state index is 0.127. The Morgan fingerprint density at radius 3 is 2.57 bits per heavy atom. The van der Waals surface area contributed by atoms with E-state index in [1.165, 1.54) is 0 Å². The first kappa shape index (κ1) is 4.82. The Hall–Kier alpha value is -0.330. The van der Waals surface area contributed by atoms with Gasteiger partial charge in [-0.2, -0.15) is 0 Å². The molecule has 0 unspecified atom stereocenters. The molecular formula is C6H8F. The maximum Gasteiger partial charge on any atom is 0.148 e. The zero-order chi connectivity index (χ0) is 5.11. The predicted octanol–water partition coefficient (Wildman–Crippen LogP) is 2.23. The zero-order valence-corrected chi connectivity index (χ0v) is 4.15. The van der Waals surface area contributed by atoms with Crippen LogP contribution in [-0.4, -0.2) is 0 Å². The maximum absolute atomic E-state index is 12.0. The van der Waals surface area contributed by atoms with E-state index in [4.69, 9.17) is 0 Å². The summed E-state index contributed by atoms with van der Waals surface area (Å²) in [6.07, 6.45) is 6.12. The first-order valence-electron chi connectivity index (χ1n) is 2.55. The third-order valence-electron chi connectivity index (χ3n) is 1.09. The van der Waals surface area contributed by atoms with Crippen LogP contribution in [-0.2, 0) is 0 Å². The molecule has 1 rings (SSSR count). The molecule has 0 fully saturated rings. The summed E-state index contributed by atoms with van der Waals surface area (Å²) in [6.45, 7) is 0. The van der Waals surface area contributed by atoms with E-state index in [9.17, 15) is 4.39 Å². The number of halogens is 1. The molecule has 0 N–H and O–H groups in total. The number of allylic oxidation sites excluding steroid dienone is 2. The van der Waals surface area contributed by atoms with Crippen molar-refractivity contribution in [1.29, 1.82) is 0 Å². The molecule has 1 radical (unpaired) electrons. The Morgan fingerprint density at radius 2 is 2.29 bits per heavy atom. The van der Waals surface area contributed by atoms with Crippen molar-refractivity contribution in [2.24, 2.45) is 0 Å². The second-order valence-electron chi connectivity index (χ2n) is 1.73. The Morgan fingerprint density at radius 1 is 1.43 bits per heavy atom. The van der Waals surface area contributed by atoms with Gasteiger partial charge in [0.1, 0.15) is 6.17 Å². The molecule has 0 aromatic rings. The highest BCUT2D eigenvalue weighted by Gasteiger charge is 2.06. The summed E-state index contributed by atoms with van der Waals surface area (Å²) in [5.74, 6) is 0. The van der Waals surface area contributed by atoms with Gasteiger partial charge >= 0.3 is 0 Å². The predicted molar refractivity (Wildman–Crippen MR) is 27.3 cm³/mol. The number of hydrogen-bond donors (Lipinski definition) is 0. The number of hydrogen-bond acceptors (Lipinski definition) is 0. The normalized spacial score (nSPS) is 23.0. The van der Waals surface area contributed by atoms with Crippen LogP contribution in [0.5, 0.6) is 0 Å². The van der Waals surface area contributed by atoms with Gasteiger partial charge in [0.2, 0.25) is 0 Å². The van der Waals surface area contributed by atoms with Gasteiger partial charge in [-0.05, 0) is 12.8 Å². The topological polar surface area (TPSA) is 0 Å². The van der Waals surface area contributed by atoms with E-state index in [0.717, 1.165) is 6.42 Å². The van der Waals surface area contributed by atoms with Crippen molar-refractivity contribution in [3.63, 3.8) is 0 Å². The molecule has 0 saturated carbocycles. The van der Waals surface area contributed by atoms with Crippen molar-refractivity contribution in [3.05, 3.63) is 18.3 Å². The highest BCUT2D eigenvalue weighted by molar-refractivity contribution is 4.98. The lowest BCUT2D eigenvalue weighted by atomic mass is 10.1. The third kappa shape index (κ3) is 1.30. The van der Waals surface area contributed by atoms with E-state index in [2.05, 4.69) is 0 Å². The Balaban J connectivity index is 2.32. The molecule has 0 saturated heterocycles. The summed E-state index contributed by atoms with van der Waals surface area (Å²) in [7, 11) is 0. The summed E-state index contributed by atoms with van der Waals surface area (Å²) in [6, 6.07) is 0. The van der Waals surface area contributed by atoms with Crippen LogP contribution in [0.25, 0.3) is 0 Å². The summed E-state index contributed by atoms with van der Waals surface area (Å²) >= 11 is 0. The van der Waals surface area contributed by atoms with E-state index in [-0.39, 0.29) is 6.17 Å². The average Bonchev–Trinajstić information content (AvgIpc) is 1.69. The molecule has 0 amide bonds. The molecule has 0 nitrogen and oxygen atoms in total. The Labute approximate surface area is 43.0 Å². The smallest absolute Gasteiger partial charge is 0.148 e. The standard InChI is InChI=1S/C6H8F/c7-6-4-2-1-3-5-6/h1-2H,3-5H2. The fourth-order valence-corrected chi connectivity index (χ4v) is 0.671. The molecule has 0 spiro atoms. The first-order chi connectivity index (χ1) is 3.39. The van der Waals surface area contributed by atoms with Crippen molar-refractivity contribution in [2.75, 3.05) is 0 Å². The molecule has 0 aromatic heterocycles. The Bertz CT molecular complexity index is 76.2. The average molecular weight is 99.1 g/mol. The van der Waals surface area contributed by atoms with Crippen LogP contribution in [0.15, 0.2) is 12.2 Å². The van der Waals surface area contributed by atoms with Gasteiger partial charge in [-0.3, -0.25) is 0 Å². The molecule has 0 aliphatic heterocycles. The zero-order valence-electron chi connectivity index (χ0n) is 4.15. The van der Waals surface area contributed by atoms with Crippen molar-refractivity contribution in [2.45, 2.75) is 19.3 Å². The van der Waals surface area contributed by atoms with Gasteiger partial charge in [0.15, 0.2) is 0 Å². The van der Waals surface area contributed by atoms with Gasteiger partial charge in [-0.1, -0.05) is 12.2 Å². The SMILES string of the molecule is F[C]1CC=CCC1. The van der Waals surface area contributed by atoms with Crippen LogP contribution in [0.1, 0.15) is 19.3 Å². The lowest BCUT2D eigenvalue weighted by Gasteiger charge is -2.04. The van der Waals surface area contributed by atoms with Crippen molar-refractivity contribution >= 4 is 0 Å². The highest BCUT2D eigenvalue weighted by atomic mass is 19.1. The van der Waals surface area contributed by atoms with Crippen molar-refractivity contribution < 1.29 is 4.39 Å². The largest absolute Gasteiger partial charge is 0.240 e. The van der Waals surface area contributed by atoms with Crippen LogP contribution in [0.2, 0.25) is 0 Å². The summed E-state index contributed by atoms with van der Waals surface area (Å²) < 4.78 is 12.0. The maximum atomic E-state index is 12.0. The second kappa shape index (κ2) is 2.10. The summed E-state index contributed by atoms with van der Waals surface area (Å²) in [5, 5.41) is 0. The molecular weight excluding hydrogens is 91.1 g/mol. The lowest BCUT2D eigenvalue weighted by molar-refractivity contribution is 0.443. The molecule has 0 aromatic carbocycles. The van der Waals surface area contributed by atoms with E-state index in [1.807, 2.05) is 12.2 Å². The number of rotatable bonds is 0. The minimum Gasteiger partial charge on any atom is -0.240 e. The quantitative estimate of drug-likeness (QED) is 0.408. The van der Waals surface area contributed by atoms with Crippen LogP contribution in [0, 0.1) is 6.17 Å². The molecule has 0 heterocycles. The lowest BCUT2D eigenvalue weighted by Crippen LogP contribution is -1.90. The molecule has 0 bridgehead atoms. The third-order valence-corrected chi connectivity index (χ3v) is 1.09. The molecule has 1 heteroatoms. The summed E-state index contributed by atoms with van der Waals surface area (Å²) in [4.78, 5) is 0. The van der Waals surface area contributed by atoms with Crippen LogP contribution < -0.4 is 0 Å². The van der Waals surface area contributed by atoms with Crippen LogP contribution >= 0.6 is 0 Å². The fraction of sp³-hybridized carbons (Fsp3) is 0.500. The monoisotopic (exact) mass is 99.1 g/mol. The van der Waals surface area contributed by atoms with E-state index in [1.54, 1.807) is 0 Å². The fourth-order valence-electron chi connectivity index (χ4n) is 0.671. The van der Waals surface area contributed by atoms with Gasteiger partial charge < -0.3 is 0 Å². The second-order valence-corrected chi connectivity index (χ2v) is 1.73. The summed E-state index contributed by atoms with van der Waals surface area (Å²) in [5.41, 5.74) is 0. The van der Waals surface area contributed by atoms with Gasteiger partial charge in [0.25, 0.3) is 0 Å². The van der Waals surface area contributed by atoms with Gasteiger partial charge in [0, 0.05) is 6.42 Å². The van der Waals surface area contributed by atoms with Gasteiger partial charge in [-0.25, -0.2) is 4.39 Å². The molecule has 1 aliphatic rings. The minimum atomic E-state index is 0.127. The molecule has 39 valence electrons.